The second-order valence-electron chi connectivity index (χ2n) is 4.56. The highest BCUT2D eigenvalue weighted by atomic mass is 31.2. The third-order valence-electron chi connectivity index (χ3n) is 3.13. The summed E-state index contributed by atoms with van der Waals surface area (Å²) in [6.07, 6.45) is -0.130. The van der Waals surface area contributed by atoms with Gasteiger partial charge in [0.25, 0.3) is 0 Å². The number of halogens is 1. The molecule has 0 aliphatic heterocycles. The van der Waals surface area contributed by atoms with E-state index in [0.29, 0.717) is 0 Å². The van der Waals surface area contributed by atoms with Crippen LogP contribution in [0.2, 0.25) is 0 Å². The van der Waals surface area contributed by atoms with Crippen LogP contribution in [-0.4, -0.2) is 12.8 Å². The van der Waals surface area contributed by atoms with E-state index in [1.807, 2.05) is 60.7 Å². The lowest BCUT2D eigenvalue weighted by molar-refractivity contribution is 0.302. The molecular weight excluding hydrogens is 274 g/mol. The molecule has 2 nitrogen and oxygen atoms in total. The lowest BCUT2D eigenvalue weighted by atomic mass is 9.93. The van der Waals surface area contributed by atoms with E-state index in [4.69, 9.17) is 4.52 Å². The molecule has 2 aromatic rings. The number of hydrogen-bond donors (Lipinski definition) is 0. The quantitative estimate of drug-likeness (QED) is 0.699. The Morgan fingerprint density at radius 1 is 1.00 bits per heavy atom. The fourth-order valence-electron chi connectivity index (χ4n) is 2.24. The largest absolute Gasteiger partial charge is 0.368 e. The van der Waals surface area contributed by atoms with Gasteiger partial charge in [-0.15, -0.1) is 0 Å². The van der Waals surface area contributed by atoms with Crippen molar-refractivity contribution in [3.8, 4) is 0 Å². The summed E-state index contributed by atoms with van der Waals surface area (Å²) in [6, 6.07) is 19.1. The van der Waals surface area contributed by atoms with E-state index in [0.717, 1.165) is 11.1 Å². The molecule has 0 fully saturated rings. The Bertz CT molecular complexity index is 532. The van der Waals surface area contributed by atoms with Crippen molar-refractivity contribution in [2.75, 3.05) is 12.8 Å². The monoisotopic (exact) mass is 292 g/mol. The van der Waals surface area contributed by atoms with Crippen LogP contribution in [0.3, 0.4) is 0 Å². The minimum absolute atomic E-state index is 0.115. The lowest BCUT2D eigenvalue weighted by Gasteiger charge is -2.19. The summed E-state index contributed by atoms with van der Waals surface area (Å²) in [7, 11) is -4.08. The van der Waals surface area contributed by atoms with Gasteiger partial charge in [0.2, 0.25) is 0 Å². The van der Waals surface area contributed by atoms with Gasteiger partial charge in [-0.3, -0.25) is 4.57 Å². The summed E-state index contributed by atoms with van der Waals surface area (Å²) in [5.74, 6) is -0.264. The van der Waals surface area contributed by atoms with Gasteiger partial charge >= 0.3 is 7.68 Å². The van der Waals surface area contributed by atoms with E-state index in [9.17, 15) is 8.76 Å². The molecule has 0 aliphatic carbocycles. The zero-order valence-corrected chi connectivity index (χ0v) is 12.3. The van der Waals surface area contributed by atoms with E-state index < -0.39 is 7.68 Å². The molecule has 106 valence electrons. The average Bonchev–Trinajstić information content (AvgIpc) is 2.47. The van der Waals surface area contributed by atoms with Crippen molar-refractivity contribution in [2.24, 2.45) is 0 Å². The van der Waals surface area contributed by atoms with E-state index >= 15 is 0 Å². The van der Waals surface area contributed by atoms with Gasteiger partial charge in [0, 0.05) is 5.92 Å². The molecule has 0 aromatic heterocycles. The zero-order valence-electron chi connectivity index (χ0n) is 11.4. The highest BCUT2D eigenvalue weighted by molar-refractivity contribution is 7.53. The van der Waals surface area contributed by atoms with Gasteiger partial charge < -0.3 is 4.52 Å². The van der Waals surface area contributed by atoms with Crippen molar-refractivity contribution in [3.05, 3.63) is 71.8 Å². The standard InChI is InChI=1S/C16H18FO2P/c1-2-19-20(17,18)13-16(14-9-5-3-6-10-14)15-11-7-4-8-12-15/h3-12,16H,2,13H2,1H3. The maximum absolute atomic E-state index is 14.0. The topological polar surface area (TPSA) is 26.3 Å². The highest BCUT2D eigenvalue weighted by Gasteiger charge is 2.28. The van der Waals surface area contributed by atoms with Crippen LogP contribution in [0.5, 0.6) is 0 Å². The highest BCUT2D eigenvalue weighted by Crippen LogP contribution is 2.52. The first kappa shape index (κ1) is 15.0. The van der Waals surface area contributed by atoms with Gasteiger partial charge in [-0.2, -0.15) is 4.20 Å². The smallest absolute Gasteiger partial charge is 0.306 e. The maximum Gasteiger partial charge on any atom is 0.368 e. The van der Waals surface area contributed by atoms with Crippen molar-refractivity contribution in [3.63, 3.8) is 0 Å². The molecule has 1 atom stereocenters. The van der Waals surface area contributed by atoms with Crippen LogP contribution < -0.4 is 0 Å². The molecule has 0 radical (unpaired) electrons. The number of benzene rings is 2. The zero-order chi connectivity index (χ0) is 14.4. The summed E-state index contributed by atoms with van der Waals surface area (Å²) >= 11 is 0. The van der Waals surface area contributed by atoms with Crippen molar-refractivity contribution in [1.29, 1.82) is 0 Å². The van der Waals surface area contributed by atoms with Crippen LogP contribution in [0.4, 0.5) is 4.20 Å². The SMILES string of the molecule is CCOP(=O)(F)CC(c1ccccc1)c1ccccc1. The molecule has 0 saturated heterocycles. The Hall–Kier alpha value is -1.44. The van der Waals surface area contributed by atoms with Gasteiger partial charge in [-0.05, 0) is 18.1 Å². The minimum atomic E-state index is -4.08. The lowest BCUT2D eigenvalue weighted by Crippen LogP contribution is -2.07. The Labute approximate surface area is 119 Å². The van der Waals surface area contributed by atoms with Gasteiger partial charge in [-0.25, -0.2) is 0 Å². The Kier molecular flexibility index (Phi) is 5.11. The van der Waals surface area contributed by atoms with E-state index in [-0.39, 0.29) is 18.7 Å². The molecule has 0 heterocycles. The van der Waals surface area contributed by atoms with Gasteiger partial charge in [-0.1, -0.05) is 60.7 Å². The van der Waals surface area contributed by atoms with Gasteiger partial charge in [0.15, 0.2) is 0 Å². The molecule has 0 saturated carbocycles. The average molecular weight is 292 g/mol. The Balaban J connectivity index is 2.33. The molecule has 0 amide bonds. The maximum atomic E-state index is 14.0. The molecule has 1 unspecified atom stereocenters. The number of hydrogen-bond acceptors (Lipinski definition) is 2. The summed E-state index contributed by atoms with van der Waals surface area (Å²) in [5, 5.41) is 0. The van der Waals surface area contributed by atoms with Crippen molar-refractivity contribution in [2.45, 2.75) is 12.8 Å². The van der Waals surface area contributed by atoms with Crippen molar-refractivity contribution < 1.29 is 13.3 Å². The summed E-state index contributed by atoms with van der Waals surface area (Å²) in [4.78, 5) is 0. The molecule has 0 N–H and O–H groups in total. The fraction of sp³-hybridized carbons (Fsp3) is 0.250. The first-order valence-electron chi connectivity index (χ1n) is 6.65. The van der Waals surface area contributed by atoms with Crippen molar-refractivity contribution >= 4 is 7.68 Å². The summed E-state index contributed by atoms with van der Waals surface area (Å²) < 4.78 is 30.7. The first-order valence-corrected chi connectivity index (χ1v) is 8.35. The van der Waals surface area contributed by atoms with Crippen molar-refractivity contribution in [1.82, 2.24) is 0 Å². The predicted octanol–water partition coefficient (Wildman–Crippen LogP) is 5.02. The third-order valence-corrected chi connectivity index (χ3v) is 4.57. The molecule has 0 aliphatic rings. The van der Waals surface area contributed by atoms with Gasteiger partial charge in [0.05, 0.1) is 12.8 Å². The van der Waals surface area contributed by atoms with E-state index in [1.54, 1.807) is 6.92 Å². The summed E-state index contributed by atoms with van der Waals surface area (Å²) in [6.45, 7) is 1.76. The van der Waals surface area contributed by atoms with Crippen LogP contribution in [0, 0.1) is 0 Å². The van der Waals surface area contributed by atoms with Crippen LogP contribution in [0.1, 0.15) is 24.0 Å². The second-order valence-corrected chi connectivity index (χ2v) is 6.37. The first-order chi connectivity index (χ1) is 9.62. The molecule has 0 bridgehead atoms. The molecule has 20 heavy (non-hydrogen) atoms. The van der Waals surface area contributed by atoms with E-state index in [2.05, 4.69) is 0 Å². The van der Waals surface area contributed by atoms with Crippen LogP contribution >= 0.6 is 7.68 Å². The molecular formula is C16H18FO2P. The molecule has 0 spiro atoms. The van der Waals surface area contributed by atoms with Crippen LogP contribution in [-0.2, 0) is 9.09 Å². The molecule has 2 aromatic carbocycles. The number of rotatable bonds is 6. The van der Waals surface area contributed by atoms with E-state index in [1.165, 1.54) is 0 Å². The minimum Gasteiger partial charge on any atom is -0.306 e. The third kappa shape index (κ3) is 4.03. The molecule has 2 rings (SSSR count). The predicted molar refractivity (Wildman–Crippen MR) is 79.9 cm³/mol. The Morgan fingerprint density at radius 2 is 1.45 bits per heavy atom. The molecule has 4 heteroatoms. The van der Waals surface area contributed by atoms with Crippen LogP contribution in [0.15, 0.2) is 60.7 Å². The fourth-order valence-corrected chi connectivity index (χ4v) is 3.59. The van der Waals surface area contributed by atoms with Gasteiger partial charge in [0.1, 0.15) is 0 Å². The Morgan fingerprint density at radius 3 is 1.85 bits per heavy atom. The second kappa shape index (κ2) is 6.83. The summed E-state index contributed by atoms with van der Waals surface area (Å²) in [5.41, 5.74) is 1.88. The van der Waals surface area contributed by atoms with Crippen LogP contribution in [0.25, 0.3) is 0 Å². The normalized spacial score (nSPS) is 14.2.